The van der Waals surface area contributed by atoms with Crippen LogP contribution in [0.15, 0.2) is 65.8 Å². The fraction of sp³-hybridized carbons (Fsp3) is 0.0556. The Morgan fingerprint density at radius 2 is 1.79 bits per heavy atom. The molecule has 0 atom stereocenters. The minimum atomic E-state index is -0.859. The Labute approximate surface area is 145 Å². The van der Waals surface area contributed by atoms with Gasteiger partial charge in [0, 0.05) is 10.7 Å². The van der Waals surface area contributed by atoms with Gasteiger partial charge in [0.2, 0.25) is 0 Å². The van der Waals surface area contributed by atoms with E-state index in [4.69, 9.17) is 11.6 Å². The Morgan fingerprint density at radius 3 is 2.50 bits per heavy atom. The molecule has 0 aliphatic heterocycles. The molecule has 24 heavy (non-hydrogen) atoms. The molecule has 0 saturated carbocycles. The lowest BCUT2D eigenvalue weighted by Gasteiger charge is -2.04. The number of hydrogen-bond donors (Lipinski definition) is 2. The van der Waals surface area contributed by atoms with E-state index in [1.165, 1.54) is 0 Å². The van der Waals surface area contributed by atoms with Crippen molar-refractivity contribution in [3.05, 3.63) is 71.3 Å². The third kappa shape index (κ3) is 5.70. The van der Waals surface area contributed by atoms with Crippen LogP contribution in [-0.4, -0.2) is 17.5 Å². The zero-order valence-corrected chi connectivity index (χ0v) is 13.7. The molecule has 0 aliphatic carbocycles. The summed E-state index contributed by atoms with van der Waals surface area (Å²) in [4.78, 5) is 23.5. The molecular weight excluding hydrogens is 326 g/mol. The number of allylic oxidation sites excluding steroid dienone is 1. The largest absolute Gasteiger partial charge is 0.329 e. The van der Waals surface area contributed by atoms with E-state index in [-0.39, 0.29) is 0 Å². The summed E-state index contributed by atoms with van der Waals surface area (Å²) in [5, 5.41) is 6.77. The molecule has 6 heteroatoms. The van der Waals surface area contributed by atoms with E-state index in [2.05, 4.69) is 15.8 Å². The quantitative estimate of drug-likeness (QED) is 0.507. The zero-order valence-electron chi connectivity index (χ0n) is 13.0. The molecule has 0 aliphatic rings. The van der Waals surface area contributed by atoms with E-state index in [1.807, 2.05) is 36.4 Å². The van der Waals surface area contributed by atoms with Crippen LogP contribution in [0.5, 0.6) is 0 Å². The molecule has 0 bridgehead atoms. The Kier molecular flexibility index (Phi) is 6.28. The number of carbonyl (C=O) groups is 2. The van der Waals surface area contributed by atoms with Crippen LogP contribution in [0.2, 0.25) is 5.02 Å². The molecular formula is C18H16ClN3O2. The van der Waals surface area contributed by atoms with E-state index < -0.39 is 11.8 Å². The van der Waals surface area contributed by atoms with Crippen molar-refractivity contribution < 1.29 is 9.59 Å². The first-order valence-corrected chi connectivity index (χ1v) is 7.57. The van der Waals surface area contributed by atoms with Crippen LogP contribution in [0.25, 0.3) is 6.08 Å². The Bertz CT molecular complexity index is 786. The highest BCUT2D eigenvalue weighted by atomic mass is 35.5. The zero-order chi connectivity index (χ0) is 17.4. The molecule has 2 amide bonds. The van der Waals surface area contributed by atoms with Crippen LogP contribution >= 0.6 is 11.6 Å². The minimum absolute atomic E-state index is 0.437. The average Bonchev–Trinajstić information content (AvgIpc) is 2.58. The van der Waals surface area contributed by atoms with Crippen molar-refractivity contribution in [1.82, 2.24) is 5.43 Å². The summed E-state index contributed by atoms with van der Waals surface area (Å²) < 4.78 is 0. The second kappa shape index (κ2) is 8.64. The van der Waals surface area contributed by atoms with Gasteiger partial charge >= 0.3 is 11.8 Å². The highest BCUT2D eigenvalue weighted by molar-refractivity contribution is 6.39. The summed E-state index contributed by atoms with van der Waals surface area (Å²) in [6, 6.07) is 16.2. The molecule has 2 rings (SSSR count). The normalized spacial score (nSPS) is 11.3. The van der Waals surface area contributed by atoms with Gasteiger partial charge in [-0.2, -0.15) is 5.10 Å². The van der Waals surface area contributed by atoms with Gasteiger partial charge < -0.3 is 5.32 Å². The number of amides is 2. The van der Waals surface area contributed by atoms with Crippen molar-refractivity contribution in [1.29, 1.82) is 0 Å². The van der Waals surface area contributed by atoms with E-state index in [0.29, 0.717) is 16.4 Å². The third-order valence-corrected chi connectivity index (χ3v) is 3.17. The molecule has 0 fully saturated rings. The highest BCUT2D eigenvalue weighted by Gasteiger charge is 2.12. The number of nitrogens with zero attached hydrogens (tertiary/aromatic N) is 1. The lowest BCUT2D eigenvalue weighted by atomic mass is 10.2. The number of hydrazone groups is 1. The molecule has 122 valence electrons. The summed E-state index contributed by atoms with van der Waals surface area (Å²) in [5.74, 6) is -1.68. The third-order valence-electron chi connectivity index (χ3n) is 2.94. The van der Waals surface area contributed by atoms with Gasteiger partial charge in [-0.25, -0.2) is 5.43 Å². The molecule has 2 N–H and O–H groups in total. The summed E-state index contributed by atoms with van der Waals surface area (Å²) in [6.07, 6.45) is 3.60. The van der Waals surface area contributed by atoms with Gasteiger partial charge in [-0.05, 0) is 36.8 Å². The standard InChI is InChI=1S/C18H16ClN3O2/c1-13(10-11-14-6-3-2-4-7-14)21-22-18(24)17(23)20-16-9-5-8-15(19)12-16/h2-12H,1H3,(H,20,23)(H,22,24). The number of anilines is 1. The fourth-order valence-electron chi connectivity index (χ4n) is 1.76. The highest BCUT2D eigenvalue weighted by Crippen LogP contribution is 2.14. The van der Waals surface area contributed by atoms with Crippen molar-refractivity contribution in [3.8, 4) is 0 Å². The first-order valence-electron chi connectivity index (χ1n) is 7.19. The van der Waals surface area contributed by atoms with Crippen molar-refractivity contribution in [3.63, 3.8) is 0 Å². The Hall–Kier alpha value is -2.92. The van der Waals surface area contributed by atoms with Gasteiger partial charge in [0.15, 0.2) is 0 Å². The van der Waals surface area contributed by atoms with Gasteiger partial charge in [-0.15, -0.1) is 0 Å². The van der Waals surface area contributed by atoms with E-state index in [9.17, 15) is 9.59 Å². The number of hydrogen-bond acceptors (Lipinski definition) is 3. The van der Waals surface area contributed by atoms with Crippen LogP contribution in [0, 0.1) is 0 Å². The summed E-state index contributed by atoms with van der Waals surface area (Å²) >= 11 is 5.81. The summed E-state index contributed by atoms with van der Waals surface area (Å²) in [6.45, 7) is 1.72. The minimum Gasteiger partial charge on any atom is -0.318 e. The lowest BCUT2D eigenvalue weighted by molar-refractivity contribution is -0.136. The van der Waals surface area contributed by atoms with Crippen molar-refractivity contribution in [2.75, 3.05) is 5.32 Å². The van der Waals surface area contributed by atoms with Crippen molar-refractivity contribution in [2.24, 2.45) is 5.10 Å². The van der Waals surface area contributed by atoms with E-state index in [1.54, 1.807) is 37.3 Å². The molecule has 2 aromatic carbocycles. The number of benzene rings is 2. The average molecular weight is 342 g/mol. The summed E-state index contributed by atoms with van der Waals surface area (Å²) in [7, 11) is 0. The first kappa shape index (κ1) is 17.4. The molecule has 0 radical (unpaired) electrons. The van der Waals surface area contributed by atoms with Gasteiger partial charge in [0.1, 0.15) is 0 Å². The Morgan fingerprint density at radius 1 is 1.04 bits per heavy atom. The summed E-state index contributed by atoms with van der Waals surface area (Å²) in [5.41, 5.74) is 4.21. The molecule has 0 saturated heterocycles. The van der Waals surface area contributed by atoms with Crippen molar-refractivity contribution >= 4 is 40.9 Å². The fourth-order valence-corrected chi connectivity index (χ4v) is 1.95. The molecule has 0 spiro atoms. The molecule has 0 unspecified atom stereocenters. The maximum atomic E-state index is 11.8. The van der Waals surface area contributed by atoms with Crippen LogP contribution < -0.4 is 10.7 Å². The van der Waals surface area contributed by atoms with Crippen LogP contribution in [0.1, 0.15) is 12.5 Å². The number of nitrogens with one attached hydrogen (secondary N) is 2. The predicted molar refractivity (Wildman–Crippen MR) is 96.8 cm³/mol. The number of halogens is 1. The smallest absolute Gasteiger partial charge is 0.318 e. The Balaban J connectivity index is 1.89. The molecule has 0 heterocycles. The lowest BCUT2D eigenvalue weighted by Crippen LogP contribution is -2.32. The second-order valence-corrected chi connectivity index (χ2v) is 5.34. The first-order chi connectivity index (χ1) is 11.5. The van der Waals surface area contributed by atoms with Crippen LogP contribution in [-0.2, 0) is 9.59 Å². The van der Waals surface area contributed by atoms with Crippen LogP contribution in [0.3, 0.4) is 0 Å². The molecule has 2 aromatic rings. The molecule has 0 aromatic heterocycles. The maximum Gasteiger partial charge on any atom is 0.329 e. The monoisotopic (exact) mass is 341 g/mol. The van der Waals surface area contributed by atoms with Gasteiger partial charge in [-0.3, -0.25) is 9.59 Å². The van der Waals surface area contributed by atoms with Gasteiger partial charge in [0.05, 0.1) is 5.71 Å². The predicted octanol–water partition coefficient (Wildman–Crippen LogP) is 3.48. The number of carbonyl (C=O) groups excluding carboxylic acids is 2. The van der Waals surface area contributed by atoms with Crippen molar-refractivity contribution in [2.45, 2.75) is 6.92 Å². The SMILES string of the molecule is CC(C=Cc1ccccc1)=NNC(=O)C(=O)Nc1cccc(Cl)c1. The van der Waals surface area contributed by atoms with E-state index in [0.717, 1.165) is 5.56 Å². The second-order valence-electron chi connectivity index (χ2n) is 4.90. The van der Waals surface area contributed by atoms with Gasteiger partial charge in [0.25, 0.3) is 0 Å². The van der Waals surface area contributed by atoms with E-state index >= 15 is 0 Å². The topological polar surface area (TPSA) is 70.6 Å². The van der Waals surface area contributed by atoms with Crippen LogP contribution in [0.4, 0.5) is 5.69 Å². The maximum absolute atomic E-state index is 11.8. The molecule has 5 nitrogen and oxygen atoms in total. The number of rotatable bonds is 4. The van der Waals surface area contributed by atoms with Gasteiger partial charge in [-0.1, -0.05) is 54.1 Å².